The molecule has 0 aliphatic carbocycles. The van der Waals surface area contributed by atoms with Gasteiger partial charge in [-0.3, -0.25) is 4.94 Å². The molecule has 0 spiro atoms. The summed E-state index contributed by atoms with van der Waals surface area (Å²) in [6.07, 6.45) is 0.736. The average Bonchev–Trinajstić information content (AvgIpc) is 1.65. The number of carbonyl (C=O) groups excluding carboxylic acids is 1. The van der Waals surface area contributed by atoms with Crippen molar-refractivity contribution >= 4 is 18.4 Å². The van der Waals surface area contributed by atoms with Gasteiger partial charge in [-0.2, -0.15) is 0 Å². The van der Waals surface area contributed by atoms with Crippen molar-refractivity contribution in [2.45, 2.75) is 0 Å². The second kappa shape index (κ2) is 5.43. The molecule has 0 aromatic rings. The molecule has 0 unspecified atom stereocenters. The number of hydrogen-bond acceptors (Lipinski definition) is 2. The maximum Gasteiger partial charge on any atom is 0.371 e. The molecule has 0 saturated heterocycles. The monoisotopic (exact) mass is 126 g/mol. The van der Waals surface area contributed by atoms with Crippen molar-refractivity contribution in [1.82, 2.24) is 0 Å². The molecule has 0 saturated carbocycles. The van der Waals surface area contributed by atoms with E-state index in [1.807, 2.05) is 0 Å². The summed E-state index contributed by atoms with van der Waals surface area (Å²) in [5, 5.41) is 0. The number of rotatable bonds is 1. The SMILES string of the molecule is C=CC(=O)OF.Cl. The van der Waals surface area contributed by atoms with E-state index in [-0.39, 0.29) is 12.4 Å². The molecule has 0 aliphatic rings. The molecule has 4 heteroatoms. The normalized spacial score (nSPS) is 5.86. The average molecular weight is 127 g/mol. The van der Waals surface area contributed by atoms with Crippen LogP contribution in [0, 0.1) is 0 Å². The van der Waals surface area contributed by atoms with Crippen molar-refractivity contribution in [3.05, 3.63) is 12.7 Å². The summed E-state index contributed by atoms with van der Waals surface area (Å²) >= 11 is 0. The molecule has 0 aliphatic heterocycles. The summed E-state index contributed by atoms with van der Waals surface area (Å²) in [5.74, 6) is -1.06. The first-order valence-electron chi connectivity index (χ1n) is 1.26. The van der Waals surface area contributed by atoms with E-state index in [0.29, 0.717) is 0 Å². The lowest BCUT2D eigenvalue weighted by molar-refractivity contribution is -0.176. The molecule has 0 radical (unpaired) electrons. The van der Waals surface area contributed by atoms with Crippen LogP contribution in [0.2, 0.25) is 0 Å². The maximum atomic E-state index is 10.5. The zero-order chi connectivity index (χ0) is 4.99. The van der Waals surface area contributed by atoms with Crippen LogP contribution in [0.5, 0.6) is 0 Å². The van der Waals surface area contributed by atoms with Gasteiger partial charge in [0, 0.05) is 10.6 Å². The van der Waals surface area contributed by atoms with Crippen LogP contribution in [-0.4, -0.2) is 5.97 Å². The Morgan fingerprint density at radius 3 is 2.29 bits per heavy atom. The fourth-order valence-corrected chi connectivity index (χ4v) is 0.0315. The van der Waals surface area contributed by atoms with E-state index < -0.39 is 5.97 Å². The first-order valence-corrected chi connectivity index (χ1v) is 1.26. The van der Waals surface area contributed by atoms with Crippen LogP contribution < -0.4 is 0 Å². The third-order valence-electron chi connectivity index (χ3n) is 0.243. The fourth-order valence-electron chi connectivity index (χ4n) is 0.0315. The lowest BCUT2D eigenvalue weighted by Crippen LogP contribution is -1.87. The Hall–Kier alpha value is -0.570. The van der Waals surface area contributed by atoms with Gasteiger partial charge in [0.1, 0.15) is 0 Å². The molecule has 0 N–H and O–H groups in total. The van der Waals surface area contributed by atoms with Gasteiger partial charge in [-0.05, 0) is 0 Å². The van der Waals surface area contributed by atoms with Crippen LogP contribution in [-0.2, 0) is 9.74 Å². The van der Waals surface area contributed by atoms with E-state index >= 15 is 0 Å². The van der Waals surface area contributed by atoms with Gasteiger partial charge in [0.15, 0.2) is 0 Å². The van der Waals surface area contributed by atoms with Crippen molar-refractivity contribution in [2.75, 3.05) is 0 Å². The molecule has 0 bridgehead atoms. The van der Waals surface area contributed by atoms with Gasteiger partial charge in [-0.15, -0.1) is 12.4 Å². The van der Waals surface area contributed by atoms with E-state index in [4.69, 9.17) is 0 Å². The Kier molecular flexibility index (Phi) is 7.49. The topological polar surface area (TPSA) is 26.3 Å². The van der Waals surface area contributed by atoms with Gasteiger partial charge in [-0.25, -0.2) is 4.79 Å². The third kappa shape index (κ3) is 5.43. The van der Waals surface area contributed by atoms with E-state index in [1.165, 1.54) is 0 Å². The van der Waals surface area contributed by atoms with Crippen LogP contribution in [0.4, 0.5) is 4.53 Å². The summed E-state index contributed by atoms with van der Waals surface area (Å²) in [7, 11) is 0. The predicted octanol–water partition coefficient (Wildman–Crippen LogP) is 1.02. The van der Waals surface area contributed by atoms with Crippen molar-refractivity contribution in [3.63, 3.8) is 0 Å². The van der Waals surface area contributed by atoms with Crippen molar-refractivity contribution in [1.29, 1.82) is 0 Å². The molecule has 0 aromatic heterocycles. The Balaban J connectivity index is 0. The zero-order valence-electron chi connectivity index (χ0n) is 3.39. The van der Waals surface area contributed by atoms with Crippen LogP contribution >= 0.6 is 12.4 Å². The zero-order valence-corrected chi connectivity index (χ0v) is 4.20. The molecule has 0 amide bonds. The van der Waals surface area contributed by atoms with Gasteiger partial charge >= 0.3 is 5.97 Å². The number of halogens is 2. The largest absolute Gasteiger partial charge is 0.371 e. The molecular formula is C3H4ClFO2. The van der Waals surface area contributed by atoms with Gasteiger partial charge in [0.2, 0.25) is 0 Å². The second-order valence-corrected chi connectivity index (χ2v) is 0.600. The van der Waals surface area contributed by atoms with Gasteiger partial charge in [0.25, 0.3) is 0 Å². The molecule has 0 heterocycles. The highest BCUT2D eigenvalue weighted by Crippen LogP contribution is 1.74. The van der Waals surface area contributed by atoms with E-state index in [0.717, 1.165) is 6.08 Å². The Morgan fingerprint density at radius 1 is 1.86 bits per heavy atom. The van der Waals surface area contributed by atoms with Crippen molar-refractivity contribution in [3.8, 4) is 0 Å². The third-order valence-corrected chi connectivity index (χ3v) is 0.243. The standard InChI is InChI=1S/C3H3FO2.ClH/c1-2-3(5)6-4;/h2H,1H2;1H. The van der Waals surface area contributed by atoms with Gasteiger partial charge in [-0.1, -0.05) is 6.58 Å². The number of carbonyl (C=O) groups is 1. The predicted molar refractivity (Wildman–Crippen MR) is 24.6 cm³/mol. The summed E-state index contributed by atoms with van der Waals surface area (Å²) in [4.78, 5) is 12.1. The summed E-state index contributed by atoms with van der Waals surface area (Å²) in [5.41, 5.74) is 0. The minimum atomic E-state index is -1.06. The molecule has 0 fully saturated rings. The van der Waals surface area contributed by atoms with E-state index in [9.17, 15) is 9.32 Å². The molecule has 42 valence electrons. The lowest BCUT2D eigenvalue weighted by Gasteiger charge is -1.74. The molecule has 7 heavy (non-hydrogen) atoms. The van der Waals surface area contributed by atoms with Crippen LogP contribution in [0.15, 0.2) is 12.7 Å². The Bertz CT molecular complexity index is 73.3. The molecular weight excluding hydrogens is 122 g/mol. The quantitative estimate of drug-likeness (QED) is 0.491. The van der Waals surface area contributed by atoms with E-state index in [1.54, 1.807) is 0 Å². The molecule has 0 atom stereocenters. The van der Waals surface area contributed by atoms with Gasteiger partial charge in [0.05, 0.1) is 0 Å². The lowest BCUT2D eigenvalue weighted by atomic mass is 10.7. The van der Waals surface area contributed by atoms with Crippen LogP contribution in [0.3, 0.4) is 0 Å². The van der Waals surface area contributed by atoms with E-state index in [2.05, 4.69) is 11.5 Å². The summed E-state index contributed by atoms with van der Waals surface area (Å²) in [6.45, 7) is 2.92. The Morgan fingerprint density at radius 2 is 2.29 bits per heavy atom. The minimum Gasteiger partial charge on any atom is -0.250 e. The Labute approximate surface area is 46.3 Å². The summed E-state index contributed by atoms with van der Waals surface area (Å²) < 4.78 is 10.5. The highest BCUT2D eigenvalue weighted by molar-refractivity contribution is 5.85. The first kappa shape index (κ1) is 9.66. The first-order chi connectivity index (χ1) is 2.81. The molecule has 0 rings (SSSR count). The number of hydrogen-bond donors (Lipinski definition) is 0. The highest BCUT2D eigenvalue weighted by Gasteiger charge is 1.87. The highest BCUT2D eigenvalue weighted by atomic mass is 35.5. The fraction of sp³-hybridized carbons (Fsp3) is 0. The van der Waals surface area contributed by atoms with Crippen molar-refractivity contribution < 1.29 is 14.3 Å². The smallest absolute Gasteiger partial charge is 0.250 e. The molecule has 2 nitrogen and oxygen atoms in total. The molecule has 0 aromatic carbocycles. The van der Waals surface area contributed by atoms with Crippen LogP contribution in [0.25, 0.3) is 0 Å². The summed E-state index contributed by atoms with van der Waals surface area (Å²) in [6, 6.07) is 0. The maximum absolute atomic E-state index is 10.5. The van der Waals surface area contributed by atoms with Gasteiger partial charge < -0.3 is 0 Å². The van der Waals surface area contributed by atoms with Crippen molar-refractivity contribution in [2.24, 2.45) is 0 Å². The minimum absolute atomic E-state index is 0. The second-order valence-electron chi connectivity index (χ2n) is 0.600. The van der Waals surface area contributed by atoms with Crippen LogP contribution in [0.1, 0.15) is 0 Å².